The Labute approximate surface area is 107 Å². The number of para-hydroxylation sites is 1. The third-order valence-electron chi connectivity index (χ3n) is 2.24. The van der Waals surface area contributed by atoms with Gasteiger partial charge in [0.05, 0.1) is 5.56 Å². The van der Waals surface area contributed by atoms with Crippen LogP contribution in [0.25, 0.3) is 0 Å². The quantitative estimate of drug-likeness (QED) is 0.663. The number of ether oxygens (including phenoxy) is 1. The third kappa shape index (κ3) is 3.35. The number of benzene rings is 1. The van der Waals surface area contributed by atoms with Crippen molar-refractivity contribution in [2.75, 3.05) is 5.43 Å². The molecule has 0 aliphatic heterocycles. The SMILES string of the molecule is NNc1cc(C(F)(F)F)cc(Oc2ccccc2)n1. The van der Waals surface area contributed by atoms with Crippen molar-refractivity contribution in [1.82, 2.24) is 4.98 Å². The first-order chi connectivity index (χ1) is 8.99. The number of pyridine rings is 1. The summed E-state index contributed by atoms with van der Waals surface area (Å²) in [5, 5.41) is 0. The van der Waals surface area contributed by atoms with Gasteiger partial charge >= 0.3 is 6.18 Å². The van der Waals surface area contributed by atoms with Crippen LogP contribution in [0.3, 0.4) is 0 Å². The third-order valence-corrected chi connectivity index (χ3v) is 2.24. The van der Waals surface area contributed by atoms with Gasteiger partial charge in [-0.3, -0.25) is 0 Å². The maximum absolute atomic E-state index is 12.7. The lowest BCUT2D eigenvalue weighted by Crippen LogP contribution is -2.12. The molecule has 0 aliphatic carbocycles. The van der Waals surface area contributed by atoms with Gasteiger partial charge in [0.1, 0.15) is 11.6 Å². The zero-order valence-electron chi connectivity index (χ0n) is 9.61. The Morgan fingerprint density at radius 1 is 1.11 bits per heavy atom. The molecule has 0 spiro atoms. The number of hydrogen-bond donors (Lipinski definition) is 2. The number of anilines is 1. The van der Waals surface area contributed by atoms with Gasteiger partial charge in [0.2, 0.25) is 5.88 Å². The van der Waals surface area contributed by atoms with Crippen molar-refractivity contribution in [1.29, 1.82) is 0 Å². The molecule has 2 rings (SSSR count). The van der Waals surface area contributed by atoms with Crippen LogP contribution in [0.1, 0.15) is 5.56 Å². The van der Waals surface area contributed by atoms with Gasteiger partial charge in [-0.15, -0.1) is 0 Å². The predicted molar refractivity (Wildman–Crippen MR) is 63.6 cm³/mol. The Balaban J connectivity index is 2.35. The van der Waals surface area contributed by atoms with Crippen LogP contribution in [0.15, 0.2) is 42.5 Å². The summed E-state index contributed by atoms with van der Waals surface area (Å²) >= 11 is 0. The number of nitrogens with two attached hydrogens (primary N) is 1. The van der Waals surface area contributed by atoms with Gasteiger partial charge in [0.15, 0.2) is 0 Å². The van der Waals surface area contributed by atoms with Crippen molar-refractivity contribution in [2.45, 2.75) is 6.18 Å². The van der Waals surface area contributed by atoms with E-state index in [0.717, 1.165) is 12.1 Å². The van der Waals surface area contributed by atoms with Gasteiger partial charge in [-0.2, -0.15) is 18.2 Å². The zero-order chi connectivity index (χ0) is 13.9. The molecule has 0 atom stereocenters. The van der Waals surface area contributed by atoms with E-state index in [0.29, 0.717) is 5.75 Å². The molecule has 0 unspecified atom stereocenters. The summed E-state index contributed by atoms with van der Waals surface area (Å²) in [5.74, 6) is 5.16. The van der Waals surface area contributed by atoms with Gasteiger partial charge in [-0.05, 0) is 18.2 Å². The average Bonchev–Trinajstić information content (AvgIpc) is 2.38. The monoisotopic (exact) mass is 269 g/mol. The molecule has 0 saturated carbocycles. The minimum Gasteiger partial charge on any atom is -0.439 e. The summed E-state index contributed by atoms with van der Waals surface area (Å²) in [6.45, 7) is 0. The molecular weight excluding hydrogens is 259 g/mol. The molecule has 0 saturated heterocycles. The Morgan fingerprint density at radius 2 is 1.79 bits per heavy atom. The van der Waals surface area contributed by atoms with E-state index in [1.807, 2.05) is 0 Å². The number of rotatable bonds is 3. The largest absolute Gasteiger partial charge is 0.439 e. The first-order valence-electron chi connectivity index (χ1n) is 5.28. The van der Waals surface area contributed by atoms with Gasteiger partial charge < -0.3 is 10.2 Å². The summed E-state index contributed by atoms with van der Waals surface area (Å²) in [4.78, 5) is 3.80. The second kappa shape index (κ2) is 5.15. The summed E-state index contributed by atoms with van der Waals surface area (Å²) in [6, 6.07) is 10.00. The molecule has 2 aromatic rings. The van der Waals surface area contributed by atoms with E-state index in [1.54, 1.807) is 30.3 Å². The normalized spacial score (nSPS) is 11.2. The summed E-state index contributed by atoms with van der Waals surface area (Å²) in [7, 11) is 0. The van der Waals surface area contributed by atoms with Crippen LogP contribution in [0.2, 0.25) is 0 Å². The van der Waals surface area contributed by atoms with E-state index in [-0.39, 0.29) is 11.7 Å². The number of alkyl halides is 3. The van der Waals surface area contributed by atoms with Gasteiger partial charge in [-0.25, -0.2) is 5.84 Å². The molecule has 1 heterocycles. The number of halogens is 3. The van der Waals surface area contributed by atoms with Crippen molar-refractivity contribution >= 4 is 5.82 Å². The summed E-state index contributed by atoms with van der Waals surface area (Å²) in [5.41, 5.74) is 1.19. The van der Waals surface area contributed by atoms with Crippen LogP contribution in [0.4, 0.5) is 19.0 Å². The Morgan fingerprint density at radius 3 is 2.37 bits per heavy atom. The summed E-state index contributed by atoms with van der Waals surface area (Å²) in [6.07, 6.45) is -4.50. The van der Waals surface area contributed by atoms with Crippen LogP contribution in [0.5, 0.6) is 11.6 Å². The molecule has 7 heteroatoms. The van der Waals surface area contributed by atoms with Crippen LogP contribution >= 0.6 is 0 Å². The molecule has 0 bridgehead atoms. The van der Waals surface area contributed by atoms with E-state index in [4.69, 9.17) is 10.6 Å². The van der Waals surface area contributed by atoms with Crippen LogP contribution in [-0.2, 0) is 6.18 Å². The fraction of sp³-hybridized carbons (Fsp3) is 0.0833. The van der Waals surface area contributed by atoms with E-state index in [1.165, 1.54) is 0 Å². The predicted octanol–water partition coefficient (Wildman–Crippen LogP) is 3.18. The second-order valence-corrected chi connectivity index (χ2v) is 3.64. The highest BCUT2D eigenvalue weighted by molar-refractivity contribution is 5.42. The lowest BCUT2D eigenvalue weighted by molar-refractivity contribution is -0.137. The van der Waals surface area contributed by atoms with Crippen molar-refractivity contribution in [3.05, 3.63) is 48.0 Å². The molecule has 0 radical (unpaired) electrons. The lowest BCUT2D eigenvalue weighted by atomic mass is 10.2. The van der Waals surface area contributed by atoms with Gasteiger partial charge in [-0.1, -0.05) is 18.2 Å². The van der Waals surface area contributed by atoms with Crippen LogP contribution < -0.4 is 16.0 Å². The number of aromatic nitrogens is 1. The van der Waals surface area contributed by atoms with Crippen LogP contribution in [0, 0.1) is 0 Å². The smallest absolute Gasteiger partial charge is 0.416 e. The fourth-order valence-corrected chi connectivity index (χ4v) is 1.40. The maximum Gasteiger partial charge on any atom is 0.416 e. The molecule has 1 aromatic carbocycles. The van der Waals surface area contributed by atoms with E-state index in [9.17, 15) is 13.2 Å². The van der Waals surface area contributed by atoms with Crippen molar-refractivity contribution in [2.24, 2.45) is 5.84 Å². The average molecular weight is 269 g/mol. The van der Waals surface area contributed by atoms with E-state index >= 15 is 0 Å². The molecular formula is C12H10F3N3O. The Bertz CT molecular complexity index is 558. The van der Waals surface area contributed by atoms with Gasteiger partial charge in [0, 0.05) is 6.07 Å². The van der Waals surface area contributed by atoms with E-state index < -0.39 is 11.7 Å². The number of nitrogen functional groups attached to an aromatic ring is 1. The summed E-state index contributed by atoms with van der Waals surface area (Å²) < 4.78 is 43.3. The number of nitrogens with zero attached hydrogens (tertiary/aromatic N) is 1. The molecule has 0 aliphatic rings. The first-order valence-corrected chi connectivity index (χ1v) is 5.28. The van der Waals surface area contributed by atoms with Crippen molar-refractivity contribution in [3.8, 4) is 11.6 Å². The minimum absolute atomic E-state index is 0.124. The minimum atomic E-state index is -4.50. The highest BCUT2D eigenvalue weighted by Crippen LogP contribution is 2.33. The van der Waals surface area contributed by atoms with Crippen LogP contribution in [-0.4, -0.2) is 4.98 Å². The molecule has 0 fully saturated rings. The molecule has 19 heavy (non-hydrogen) atoms. The van der Waals surface area contributed by atoms with Crippen molar-refractivity contribution < 1.29 is 17.9 Å². The molecule has 100 valence electrons. The van der Waals surface area contributed by atoms with E-state index in [2.05, 4.69) is 10.4 Å². The number of hydrogen-bond acceptors (Lipinski definition) is 4. The lowest BCUT2D eigenvalue weighted by Gasteiger charge is -2.11. The standard InChI is InChI=1S/C12H10F3N3O/c13-12(14,15)8-6-10(18-16)17-11(7-8)19-9-4-2-1-3-5-9/h1-7H,16H2,(H,17,18). The number of nitrogens with one attached hydrogen (secondary N) is 1. The molecule has 3 N–H and O–H groups in total. The van der Waals surface area contributed by atoms with Gasteiger partial charge in [0.25, 0.3) is 0 Å². The highest BCUT2D eigenvalue weighted by Gasteiger charge is 2.32. The highest BCUT2D eigenvalue weighted by atomic mass is 19.4. The number of hydrazine groups is 1. The maximum atomic E-state index is 12.7. The molecule has 0 amide bonds. The second-order valence-electron chi connectivity index (χ2n) is 3.64. The topological polar surface area (TPSA) is 60.2 Å². The first kappa shape index (κ1) is 13.2. The molecule has 4 nitrogen and oxygen atoms in total. The molecule has 1 aromatic heterocycles. The Kier molecular flexibility index (Phi) is 3.57. The Hall–Kier alpha value is -2.28. The van der Waals surface area contributed by atoms with Crippen molar-refractivity contribution in [3.63, 3.8) is 0 Å². The fourth-order valence-electron chi connectivity index (χ4n) is 1.40. The zero-order valence-corrected chi connectivity index (χ0v) is 9.61.